The lowest BCUT2D eigenvalue weighted by Crippen LogP contribution is -2.43. The zero-order chi connectivity index (χ0) is 17.2. The molecule has 0 saturated carbocycles. The van der Waals surface area contributed by atoms with Crippen molar-refractivity contribution in [1.82, 2.24) is 14.7 Å². The maximum atomic E-state index is 12.4. The Balaban J connectivity index is 1.39. The Labute approximate surface area is 148 Å². The van der Waals surface area contributed by atoms with Crippen molar-refractivity contribution < 1.29 is 9.53 Å². The summed E-state index contributed by atoms with van der Waals surface area (Å²) in [6, 6.07) is 8.36. The van der Waals surface area contributed by atoms with Crippen LogP contribution in [0.5, 0.6) is 0 Å². The van der Waals surface area contributed by atoms with E-state index in [2.05, 4.69) is 42.5 Å². The normalized spacial score (nSPS) is 21.6. The first-order valence-electron chi connectivity index (χ1n) is 9.23. The molecule has 0 bridgehead atoms. The zero-order valence-corrected chi connectivity index (χ0v) is 14.7. The lowest BCUT2D eigenvalue weighted by molar-refractivity contribution is -0.142. The van der Waals surface area contributed by atoms with Gasteiger partial charge in [0.2, 0.25) is 0 Å². The first kappa shape index (κ1) is 16.3. The SMILES string of the molecule is Cc1cccc(-n2cc(C3CCN(C(=O)[C@@H]4CCCO4)CC3)cn2)c1. The molecule has 132 valence electrons. The number of piperidine rings is 1. The van der Waals surface area contributed by atoms with Gasteiger partial charge in [0.05, 0.1) is 11.9 Å². The topological polar surface area (TPSA) is 47.4 Å². The third-order valence-corrected chi connectivity index (χ3v) is 5.35. The van der Waals surface area contributed by atoms with Gasteiger partial charge >= 0.3 is 0 Å². The fraction of sp³-hybridized carbons (Fsp3) is 0.500. The van der Waals surface area contributed by atoms with Crippen molar-refractivity contribution in [3.05, 3.63) is 47.8 Å². The molecule has 3 heterocycles. The van der Waals surface area contributed by atoms with Crippen molar-refractivity contribution in [2.24, 2.45) is 0 Å². The molecule has 0 aliphatic carbocycles. The standard InChI is InChI=1S/C20H25N3O2/c1-15-4-2-5-18(12-15)23-14-17(13-21-23)16-7-9-22(10-8-16)20(24)19-6-3-11-25-19/h2,4-5,12-14,16,19H,3,6-11H2,1H3/t19-/m0/s1. The maximum absolute atomic E-state index is 12.4. The Kier molecular flexibility index (Phi) is 4.57. The van der Waals surface area contributed by atoms with E-state index in [0.29, 0.717) is 5.92 Å². The van der Waals surface area contributed by atoms with Gasteiger partial charge in [-0.15, -0.1) is 0 Å². The number of hydrogen-bond acceptors (Lipinski definition) is 3. The predicted octanol–water partition coefficient (Wildman–Crippen LogP) is 3.07. The Morgan fingerprint density at radius 2 is 2.08 bits per heavy atom. The highest BCUT2D eigenvalue weighted by Crippen LogP contribution is 2.29. The van der Waals surface area contributed by atoms with E-state index >= 15 is 0 Å². The molecule has 0 radical (unpaired) electrons. The fourth-order valence-electron chi connectivity index (χ4n) is 3.87. The molecular weight excluding hydrogens is 314 g/mol. The minimum atomic E-state index is -0.194. The smallest absolute Gasteiger partial charge is 0.251 e. The van der Waals surface area contributed by atoms with E-state index in [0.717, 1.165) is 51.1 Å². The van der Waals surface area contributed by atoms with Gasteiger partial charge in [0.15, 0.2) is 0 Å². The second-order valence-corrected chi connectivity index (χ2v) is 7.16. The van der Waals surface area contributed by atoms with Crippen LogP contribution in [0.25, 0.3) is 5.69 Å². The number of aryl methyl sites for hydroxylation is 1. The highest BCUT2D eigenvalue weighted by molar-refractivity contribution is 5.81. The lowest BCUT2D eigenvalue weighted by Gasteiger charge is -2.33. The van der Waals surface area contributed by atoms with E-state index in [1.165, 1.54) is 11.1 Å². The van der Waals surface area contributed by atoms with E-state index in [-0.39, 0.29) is 12.0 Å². The second kappa shape index (κ2) is 7.00. The molecule has 1 aromatic carbocycles. The summed E-state index contributed by atoms with van der Waals surface area (Å²) < 4.78 is 7.49. The monoisotopic (exact) mass is 339 g/mol. The lowest BCUT2D eigenvalue weighted by atomic mass is 9.91. The zero-order valence-electron chi connectivity index (χ0n) is 14.7. The summed E-state index contributed by atoms with van der Waals surface area (Å²) in [5.41, 5.74) is 3.60. The van der Waals surface area contributed by atoms with Crippen LogP contribution in [-0.2, 0) is 9.53 Å². The summed E-state index contributed by atoms with van der Waals surface area (Å²) in [6.45, 7) is 4.46. The number of carbonyl (C=O) groups excluding carboxylic acids is 1. The molecule has 2 aromatic rings. The van der Waals surface area contributed by atoms with Crippen LogP contribution >= 0.6 is 0 Å². The van der Waals surface area contributed by atoms with Gasteiger partial charge in [-0.05, 0) is 61.8 Å². The molecule has 4 rings (SSSR count). The molecule has 1 aromatic heterocycles. The summed E-state index contributed by atoms with van der Waals surface area (Å²) in [4.78, 5) is 14.4. The van der Waals surface area contributed by atoms with Crippen LogP contribution in [0.15, 0.2) is 36.7 Å². The molecule has 2 aliphatic rings. The molecule has 2 saturated heterocycles. The van der Waals surface area contributed by atoms with Gasteiger partial charge < -0.3 is 9.64 Å². The Morgan fingerprint density at radius 3 is 2.80 bits per heavy atom. The Hall–Kier alpha value is -2.14. The van der Waals surface area contributed by atoms with Crippen LogP contribution in [0.1, 0.15) is 42.7 Å². The van der Waals surface area contributed by atoms with E-state index in [4.69, 9.17) is 4.74 Å². The molecule has 5 nitrogen and oxygen atoms in total. The van der Waals surface area contributed by atoms with E-state index < -0.39 is 0 Å². The summed E-state index contributed by atoms with van der Waals surface area (Å²) >= 11 is 0. The average Bonchev–Trinajstić information content (AvgIpc) is 3.33. The summed E-state index contributed by atoms with van der Waals surface area (Å²) in [5.74, 6) is 0.665. The summed E-state index contributed by atoms with van der Waals surface area (Å²) in [6.07, 6.45) is 7.80. The van der Waals surface area contributed by atoms with Crippen LogP contribution in [0.3, 0.4) is 0 Å². The van der Waals surface area contributed by atoms with Gasteiger partial charge in [-0.3, -0.25) is 4.79 Å². The molecule has 1 amide bonds. The highest BCUT2D eigenvalue weighted by Gasteiger charge is 2.31. The average molecular weight is 339 g/mol. The van der Waals surface area contributed by atoms with Crippen LogP contribution < -0.4 is 0 Å². The summed E-state index contributed by atoms with van der Waals surface area (Å²) in [7, 11) is 0. The summed E-state index contributed by atoms with van der Waals surface area (Å²) in [5, 5.41) is 4.54. The van der Waals surface area contributed by atoms with Crippen LogP contribution in [-0.4, -0.2) is 46.4 Å². The fourth-order valence-corrected chi connectivity index (χ4v) is 3.87. The highest BCUT2D eigenvalue weighted by atomic mass is 16.5. The number of ether oxygens (including phenoxy) is 1. The van der Waals surface area contributed by atoms with Gasteiger partial charge in [-0.1, -0.05) is 12.1 Å². The third kappa shape index (κ3) is 3.47. The second-order valence-electron chi connectivity index (χ2n) is 7.16. The minimum Gasteiger partial charge on any atom is -0.368 e. The first-order chi connectivity index (χ1) is 12.2. The number of carbonyl (C=O) groups is 1. The van der Waals surface area contributed by atoms with E-state index in [9.17, 15) is 4.79 Å². The van der Waals surface area contributed by atoms with E-state index in [1.54, 1.807) is 0 Å². The predicted molar refractivity (Wildman–Crippen MR) is 95.8 cm³/mol. The maximum Gasteiger partial charge on any atom is 0.251 e. The van der Waals surface area contributed by atoms with Gasteiger partial charge in [-0.2, -0.15) is 5.10 Å². The van der Waals surface area contributed by atoms with Crippen LogP contribution in [0.4, 0.5) is 0 Å². The van der Waals surface area contributed by atoms with Crippen molar-refractivity contribution in [2.45, 2.75) is 44.6 Å². The molecule has 1 atom stereocenters. The molecule has 0 spiro atoms. The number of likely N-dealkylation sites (tertiary alicyclic amines) is 1. The largest absolute Gasteiger partial charge is 0.368 e. The number of nitrogens with zero attached hydrogens (tertiary/aromatic N) is 3. The van der Waals surface area contributed by atoms with Crippen molar-refractivity contribution in [2.75, 3.05) is 19.7 Å². The Morgan fingerprint density at radius 1 is 1.24 bits per heavy atom. The van der Waals surface area contributed by atoms with Crippen molar-refractivity contribution in [3.8, 4) is 5.69 Å². The molecule has 0 unspecified atom stereocenters. The molecular formula is C20H25N3O2. The van der Waals surface area contributed by atoms with Crippen molar-refractivity contribution >= 4 is 5.91 Å². The molecule has 5 heteroatoms. The quantitative estimate of drug-likeness (QED) is 0.863. The Bertz CT molecular complexity index is 741. The number of amides is 1. The van der Waals surface area contributed by atoms with E-state index in [1.807, 2.05) is 15.8 Å². The molecule has 2 fully saturated rings. The number of rotatable bonds is 3. The molecule has 2 aliphatic heterocycles. The van der Waals surface area contributed by atoms with Crippen molar-refractivity contribution in [1.29, 1.82) is 0 Å². The number of benzene rings is 1. The molecule has 0 N–H and O–H groups in total. The number of aromatic nitrogens is 2. The minimum absolute atomic E-state index is 0.186. The van der Waals surface area contributed by atoms with Gasteiger partial charge in [0, 0.05) is 25.9 Å². The van der Waals surface area contributed by atoms with Crippen molar-refractivity contribution in [3.63, 3.8) is 0 Å². The van der Waals surface area contributed by atoms with Crippen LogP contribution in [0, 0.1) is 6.92 Å². The first-order valence-corrected chi connectivity index (χ1v) is 9.23. The van der Waals surface area contributed by atoms with Gasteiger partial charge in [0.25, 0.3) is 5.91 Å². The number of hydrogen-bond donors (Lipinski definition) is 0. The third-order valence-electron chi connectivity index (χ3n) is 5.35. The van der Waals surface area contributed by atoms with Gasteiger partial charge in [-0.25, -0.2) is 4.68 Å². The molecule has 25 heavy (non-hydrogen) atoms. The van der Waals surface area contributed by atoms with Crippen LogP contribution in [0.2, 0.25) is 0 Å². The van der Waals surface area contributed by atoms with Gasteiger partial charge in [0.1, 0.15) is 6.10 Å².